The van der Waals surface area contributed by atoms with Crippen LogP contribution in [0.1, 0.15) is 11.1 Å². The molecule has 0 atom stereocenters. The van der Waals surface area contributed by atoms with Crippen molar-refractivity contribution in [1.82, 2.24) is 4.57 Å². The molecule has 0 spiro atoms. The van der Waals surface area contributed by atoms with E-state index in [2.05, 4.69) is 0 Å². The summed E-state index contributed by atoms with van der Waals surface area (Å²) >= 11 is 5.90. The second kappa shape index (κ2) is 7.90. The number of benzene rings is 2. The van der Waals surface area contributed by atoms with Crippen molar-refractivity contribution in [3.8, 4) is 11.5 Å². The Balaban J connectivity index is 1.70. The normalized spacial score (nSPS) is 10.5. The summed E-state index contributed by atoms with van der Waals surface area (Å²) in [7, 11) is 1.62. The average Bonchev–Trinajstić information content (AvgIpc) is 2.64. The molecule has 0 aliphatic rings. The quantitative estimate of drug-likeness (QED) is 0.667. The number of pyridine rings is 1. The average molecular weight is 356 g/mol. The van der Waals surface area contributed by atoms with Gasteiger partial charge >= 0.3 is 0 Å². The summed E-state index contributed by atoms with van der Waals surface area (Å²) in [5, 5.41) is 0.678. The van der Waals surface area contributed by atoms with Crippen LogP contribution < -0.4 is 15.0 Å². The van der Waals surface area contributed by atoms with Crippen molar-refractivity contribution in [2.75, 3.05) is 7.11 Å². The molecule has 0 unspecified atom stereocenters. The van der Waals surface area contributed by atoms with Gasteiger partial charge < -0.3 is 14.0 Å². The van der Waals surface area contributed by atoms with E-state index in [0.29, 0.717) is 18.2 Å². The van der Waals surface area contributed by atoms with Crippen molar-refractivity contribution >= 4 is 11.6 Å². The third kappa shape index (κ3) is 4.64. The van der Waals surface area contributed by atoms with Crippen LogP contribution in [0.2, 0.25) is 5.02 Å². The molecule has 0 aliphatic heterocycles. The molecule has 5 heteroatoms. The molecular formula is C20H18ClNO3. The highest BCUT2D eigenvalue weighted by atomic mass is 35.5. The van der Waals surface area contributed by atoms with Gasteiger partial charge in [-0.15, -0.1) is 0 Å². The molecule has 0 amide bonds. The minimum Gasteiger partial charge on any atom is -0.497 e. The largest absolute Gasteiger partial charge is 0.497 e. The first-order valence-electron chi connectivity index (χ1n) is 7.85. The third-order valence-electron chi connectivity index (χ3n) is 3.78. The maximum Gasteiger partial charge on any atom is 0.250 e. The second-order valence-corrected chi connectivity index (χ2v) is 6.03. The van der Waals surface area contributed by atoms with E-state index in [1.807, 2.05) is 54.7 Å². The Bertz CT molecular complexity index is 886. The van der Waals surface area contributed by atoms with Crippen molar-refractivity contribution in [3.63, 3.8) is 0 Å². The zero-order valence-electron chi connectivity index (χ0n) is 13.8. The van der Waals surface area contributed by atoms with Gasteiger partial charge in [0.15, 0.2) is 0 Å². The molecule has 0 N–H and O–H groups in total. The number of ether oxygens (including phenoxy) is 2. The summed E-state index contributed by atoms with van der Waals surface area (Å²) in [6.07, 6.45) is 1.82. The van der Waals surface area contributed by atoms with Crippen LogP contribution in [0.3, 0.4) is 0 Å². The van der Waals surface area contributed by atoms with E-state index in [-0.39, 0.29) is 5.56 Å². The first kappa shape index (κ1) is 17.1. The molecule has 1 aromatic heterocycles. The highest BCUT2D eigenvalue weighted by molar-refractivity contribution is 6.30. The van der Waals surface area contributed by atoms with E-state index in [9.17, 15) is 4.79 Å². The number of nitrogens with zero attached hydrogens (tertiary/aromatic N) is 1. The maximum absolute atomic E-state index is 12.1. The fraction of sp³-hybridized carbons (Fsp3) is 0.150. The lowest BCUT2D eigenvalue weighted by molar-refractivity contribution is 0.304. The van der Waals surface area contributed by atoms with Gasteiger partial charge in [0.05, 0.1) is 13.7 Å². The summed E-state index contributed by atoms with van der Waals surface area (Å²) < 4.78 is 12.5. The van der Waals surface area contributed by atoms with Crippen LogP contribution in [0.25, 0.3) is 0 Å². The van der Waals surface area contributed by atoms with Crippen LogP contribution >= 0.6 is 11.6 Å². The molecule has 3 rings (SSSR count). The highest BCUT2D eigenvalue weighted by Crippen LogP contribution is 2.18. The van der Waals surface area contributed by atoms with Crippen LogP contribution in [0.4, 0.5) is 0 Å². The molecule has 2 aromatic carbocycles. The Morgan fingerprint density at radius 3 is 2.20 bits per heavy atom. The van der Waals surface area contributed by atoms with E-state index in [1.54, 1.807) is 23.8 Å². The van der Waals surface area contributed by atoms with Crippen LogP contribution in [-0.4, -0.2) is 11.7 Å². The minimum absolute atomic E-state index is 0.0526. The fourth-order valence-corrected chi connectivity index (χ4v) is 2.54. The van der Waals surface area contributed by atoms with Gasteiger partial charge in [-0.2, -0.15) is 0 Å². The Hall–Kier alpha value is -2.72. The molecule has 0 saturated carbocycles. The van der Waals surface area contributed by atoms with Crippen molar-refractivity contribution in [3.05, 3.63) is 93.4 Å². The SMILES string of the molecule is COc1ccc(OCc2ccc(=O)n(Cc3ccc(Cl)cc3)c2)cc1. The lowest BCUT2D eigenvalue weighted by atomic mass is 10.2. The van der Waals surface area contributed by atoms with Gasteiger partial charge in [-0.3, -0.25) is 4.79 Å². The van der Waals surface area contributed by atoms with Crippen molar-refractivity contribution in [2.45, 2.75) is 13.2 Å². The van der Waals surface area contributed by atoms with Crippen LogP contribution in [0.15, 0.2) is 71.7 Å². The van der Waals surface area contributed by atoms with Gasteiger partial charge in [0.25, 0.3) is 5.56 Å². The van der Waals surface area contributed by atoms with E-state index < -0.39 is 0 Å². The van der Waals surface area contributed by atoms with Gasteiger partial charge in [0.2, 0.25) is 0 Å². The van der Waals surface area contributed by atoms with Gasteiger partial charge in [0, 0.05) is 22.8 Å². The topological polar surface area (TPSA) is 40.5 Å². The highest BCUT2D eigenvalue weighted by Gasteiger charge is 2.02. The summed E-state index contributed by atoms with van der Waals surface area (Å²) in [5.74, 6) is 1.53. The van der Waals surface area contributed by atoms with Crippen molar-refractivity contribution < 1.29 is 9.47 Å². The van der Waals surface area contributed by atoms with Crippen LogP contribution in [0, 0.1) is 0 Å². The molecule has 128 valence electrons. The van der Waals surface area contributed by atoms with E-state index in [0.717, 1.165) is 22.6 Å². The predicted molar refractivity (Wildman–Crippen MR) is 98.6 cm³/mol. The lowest BCUT2D eigenvalue weighted by Gasteiger charge is -2.10. The zero-order valence-corrected chi connectivity index (χ0v) is 14.6. The van der Waals surface area contributed by atoms with Gasteiger partial charge in [0.1, 0.15) is 18.1 Å². The first-order valence-corrected chi connectivity index (χ1v) is 8.22. The fourth-order valence-electron chi connectivity index (χ4n) is 2.41. The molecule has 0 radical (unpaired) electrons. The van der Waals surface area contributed by atoms with Gasteiger partial charge in [-0.25, -0.2) is 0 Å². The van der Waals surface area contributed by atoms with Crippen molar-refractivity contribution in [2.24, 2.45) is 0 Å². The molecule has 4 nitrogen and oxygen atoms in total. The number of halogens is 1. The number of aromatic nitrogens is 1. The second-order valence-electron chi connectivity index (χ2n) is 5.59. The molecule has 0 bridgehead atoms. The van der Waals surface area contributed by atoms with E-state index >= 15 is 0 Å². The Morgan fingerprint density at radius 2 is 1.52 bits per heavy atom. The number of methoxy groups -OCH3 is 1. The Labute approximate surface area is 151 Å². The van der Waals surface area contributed by atoms with Crippen molar-refractivity contribution in [1.29, 1.82) is 0 Å². The van der Waals surface area contributed by atoms with Gasteiger partial charge in [-0.1, -0.05) is 23.7 Å². The third-order valence-corrected chi connectivity index (χ3v) is 4.03. The lowest BCUT2D eigenvalue weighted by Crippen LogP contribution is -2.20. The van der Waals surface area contributed by atoms with Crippen LogP contribution in [-0.2, 0) is 13.2 Å². The van der Waals surface area contributed by atoms with E-state index in [1.165, 1.54) is 0 Å². The predicted octanol–water partition coefficient (Wildman–Crippen LogP) is 4.14. The molecule has 25 heavy (non-hydrogen) atoms. The van der Waals surface area contributed by atoms with E-state index in [4.69, 9.17) is 21.1 Å². The summed E-state index contributed by atoms with van der Waals surface area (Å²) in [5.41, 5.74) is 1.88. The smallest absolute Gasteiger partial charge is 0.250 e. The summed E-state index contributed by atoms with van der Waals surface area (Å²) in [4.78, 5) is 12.1. The summed E-state index contributed by atoms with van der Waals surface area (Å²) in [6, 6.07) is 18.2. The number of hydrogen-bond acceptors (Lipinski definition) is 3. The molecule has 0 aliphatic carbocycles. The monoisotopic (exact) mass is 355 g/mol. The molecule has 0 fully saturated rings. The Kier molecular flexibility index (Phi) is 5.41. The van der Waals surface area contributed by atoms with Crippen LogP contribution in [0.5, 0.6) is 11.5 Å². The molecule has 1 heterocycles. The standard InChI is InChI=1S/C20H18ClNO3/c1-24-18-7-9-19(10-8-18)25-14-16-4-11-20(23)22(13-16)12-15-2-5-17(21)6-3-15/h2-11,13H,12,14H2,1H3. The molecular weight excluding hydrogens is 338 g/mol. The molecule has 3 aromatic rings. The number of rotatable bonds is 6. The maximum atomic E-state index is 12.1. The first-order chi connectivity index (χ1) is 12.1. The zero-order chi connectivity index (χ0) is 17.6. The summed E-state index contributed by atoms with van der Waals surface area (Å²) in [6.45, 7) is 0.875. The molecule has 0 saturated heterocycles. The van der Waals surface area contributed by atoms with Gasteiger partial charge in [-0.05, 0) is 48.0 Å². The number of hydrogen-bond donors (Lipinski definition) is 0. The minimum atomic E-state index is -0.0526. The Morgan fingerprint density at radius 1 is 0.880 bits per heavy atom.